The highest BCUT2D eigenvalue weighted by atomic mass is 16.4. The zero-order valence-electron chi connectivity index (χ0n) is 11.5. The molecule has 1 unspecified atom stereocenters. The number of carboxylic acids is 1. The van der Waals surface area contributed by atoms with Gasteiger partial charge < -0.3 is 10.0 Å². The zero-order valence-corrected chi connectivity index (χ0v) is 11.5. The van der Waals surface area contributed by atoms with E-state index in [-0.39, 0.29) is 0 Å². The van der Waals surface area contributed by atoms with Gasteiger partial charge in [-0.1, -0.05) is 18.2 Å². The Balaban J connectivity index is 1.92. The number of hydrogen-bond acceptors (Lipinski definition) is 3. The molecule has 104 valence electrons. The number of anilines is 1. The second kappa shape index (κ2) is 4.78. The molecule has 0 aliphatic carbocycles. The van der Waals surface area contributed by atoms with Gasteiger partial charge in [-0.15, -0.1) is 0 Å². The molecule has 1 aromatic heterocycles. The molecule has 1 aliphatic heterocycles. The van der Waals surface area contributed by atoms with E-state index in [9.17, 15) is 9.90 Å². The van der Waals surface area contributed by atoms with Crippen molar-refractivity contribution in [1.82, 2.24) is 4.98 Å². The quantitative estimate of drug-likeness (QED) is 0.911. The van der Waals surface area contributed by atoms with E-state index in [1.54, 1.807) is 0 Å². The van der Waals surface area contributed by atoms with Crippen molar-refractivity contribution in [3.05, 3.63) is 36.4 Å². The van der Waals surface area contributed by atoms with Crippen molar-refractivity contribution < 1.29 is 9.90 Å². The van der Waals surface area contributed by atoms with E-state index in [4.69, 9.17) is 0 Å². The van der Waals surface area contributed by atoms with Crippen LogP contribution in [0, 0.1) is 5.41 Å². The maximum absolute atomic E-state index is 11.4. The van der Waals surface area contributed by atoms with Crippen molar-refractivity contribution in [3.8, 4) is 0 Å². The van der Waals surface area contributed by atoms with Gasteiger partial charge in [-0.3, -0.25) is 4.79 Å². The predicted molar refractivity (Wildman–Crippen MR) is 78.9 cm³/mol. The van der Waals surface area contributed by atoms with Crippen LogP contribution in [-0.2, 0) is 4.79 Å². The summed E-state index contributed by atoms with van der Waals surface area (Å²) in [6.45, 7) is 3.21. The van der Waals surface area contributed by atoms with Crippen LogP contribution in [0.3, 0.4) is 0 Å². The number of fused-ring (bicyclic) bond motifs is 1. The Morgan fingerprint density at radius 3 is 2.90 bits per heavy atom. The van der Waals surface area contributed by atoms with E-state index >= 15 is 0 Å². The summed E-state index contributed by atoms with van der Waals surface area (Å²) in [5.74, 6) is 0.152. The van der Waals surface area contributed by atoms with E-state index in [0.29, 0.717) is 6.54 Å². The van der Waals surface area contributed by atoms with Gasteiger partial charge in [0.2, 0.25) is 0 Å². The lowest BCUT2D eigenvalue weighted by Gasteiger charge is -2.38. The molecule has 2 aromatic rings. The summed E-state index contributed by atoms with van der Waals surface area (Å²) in [6.07, 6.45) is 1.61. The molecule has 0 saturated carbocycles. The predicted octanol–water partition coefficient (Wildman–Crippen LogP) is 2.93. The average Bonchev–Trinajstić information content (AvgIpc) is 2.46. The van der Waals surface area contributed by atoms with Gasteiger partial charge in [0.05, 0.1) is 10.9 Å². The van der Waals surface area contributed by atoms with Crippen LogP contribution in [-0.4, -0.2) is 29.1 Å². The van der Waals surface area contributed by atoms with E-state index in [0.717, 1.165) is 36.1 Å². The molecule has 1 aromatic carbocycles. The van der Waals surface area contributed by atoms with Crippen molar-refractivity contribution in [2.75, 3.05) is 18.0 Å². The molecule has 1 saturated heterocycles. The Morgan fingerprint density at radius 2 is 2.10 bits per heavy atom. The van der Waals surface area contributed by atoms with Gasteiger partial charge in [-0.2, -0.15) is 0 Å². The molecule has 0 amide bonds. The molecule has 4 nitrogen and oxygen atoms in total. The monoisotopic (exact) mass is 270 g/mol. The molecule has 1 fully saturated rings. The third-order valence-electron chi connectivity index (χ3n) is 4.12. The third-order valence-corrected chi connectivity index (χ3v) is 4.12. The first-order valence-corrected chi connectivity index (χ1v) is 6.93. The van der Waals surface area contributed by atoms with E-state index in [1.807, 2.05) is 43.3 Å². The molecule has 2 heterocycles. The molecule has 0 radical (unpaired) electrons. The Labute approximate surface area is 118 Å². The Morgan fingerprint density at radius 1 is 1.30 bits per heavy atom. The molecule has 0 bridgehead atoms. The maximum atomic E-state index is 11.4. The van der Waals surface area contributed by atoms with Crippen LogP contribution < -0.4 is 4.90 Å². The zero-order chi connectivity index (χ0) is 14.2. The summed E-state index contributed by atoms with van der Waals surface area (Å²) in [5.41, 5.74) is 0.276. The fourth-order valence-corrected chi connectivity index (χ4v) is 2.84. The number of carboxylic acid groups (broad SMARTS) is 1. The second-order valence-electron chi connectivity index (χ2n) is 5.75. The number of rotatable bonds is 2. The first-order valence-electron chi connectivity index (χ1n) is 6.93. The Hall–Kier alpha value is -2.10. The summed E-state index contributed by atoms with van der Waals surface area (Å²) in [6, 6.07) is 12.0. The molecule has 20 heavy (non-hydrogen) atoms. The maximum Gasteiger partial charge on any atom is 0.311 e. The van der Waals surface area contributed by atoms with Gasteiger partial charge in [0.25, 0.3) is 0 Å². The Bertz CT molecular complexity index is 656. The Kier molecular flexibility index (Phi) is 3.08. The SMILES string of the molecule is CC1(C(=O)O)CCCN(c2ccc3ccccc3n2)C1. The fraction of sp³-hybridized carbons (Fsp3) is 0.375. The van der Waals surface area contributed by atoms with Gasteiger partial charge in [0.1, 0.15) is 5.82 Å². The van der Waals surface area contributed by atoms with Crippen molar-refractivity contribution in [2.24, 2.45) is 5.41 Å². The highest BCUT2D eigenvalue weighted by molar-refractivity contribution is 5.80. The van der Waals surface area contributed by atoms with Gasteiger partial charge in [0.15, 0.2) is 0 Å². The smallest absolute Gasteiger partial charge is 0.311 e. The number of piperidine rings is 1. The van der Waals surface area contributed by atoms with Crippen molar-refractivity contribution in [2.45, 2.75) is 19.8 Å². The van der Waals surface area contributed by atoms with Crippen LogP contribution in [0.2, 0.25) is 0 Å². The van der Waals surface area contributed by atoms with Crippen LogP contribution in [0.5, 0.6) is 0 Å². The first-order chi connectivity index (χ1) is 9.58. The molecular formula is C16H18N2O2. The number of aromatic nitrogens is 1. The van der Waals surface area contributed by atoms with Crippen LogP contribution in [0.1, 0.15) is 19.8 Å². The summed E-state index contributed by atoms with van der Waals surface area (Å²) >= 11 is 0. The highest BCUT2D eigenvalue weighted by Gasteiger charge is 2.38. The lowest BCUT2D eigenvalue weighted by Crippen LogP contribution is -2.46. The molecular weight excluding hydrogens is 252 g/mol. The molecule has 0 spiro atoms. The van der Waals surface area contributed by atoms with Crippen LogP contribution in [0.25, 0.3) is 10.9 Å². The number of para-hydroxylation sites is 1. The van der Waals surface area contributed by atoms with E-state index in [1.165, 1.54) is 0 Å². The van der Waals surface area contributed by atoms with Crippen LogP contribution in [0.4, 0.5) is 5.82 Å². The van der Waals surface area contributed by atoms with Crippen molar-refractivity contribution in [3.63, 3.8) is 0 Å². The lowest BCUT2D eigenvalue weighted by molar-refractivity contribution is -0.148. The number of benzene rings is 1. The minimum absolute atomic E-state index is 0.522. The van der Waals surface area contributed by atoms with E-state index < -0.39 is 11.4 Å². The van der Waals surface area contributed by atoms with Gasteiger partial charge >= 0.3 is 5.97 Å². The molecule has 3 rings (SSSR count). The lowest BCUT2D eigenvalue weighted by atomic mass is 9.82. The number of carbonyl (C=O) groups is 1. The highest BCUT2D eigenvalue weighted by Crippen LogP contribution is 2.32. The first kappa shape index (κ1) is 12.9. The second-order valence-corrected chi connectivity index (χ2v) is 5.75. The number of aliphatic carboxylic acids is 1. The van der Waals surface area contributed by atoms with E-state index in [2.05, 4.69) is 9.88 Å². The summed E-state index contributed by atoms with van der Waals surface area (Å²) in [7, 11) is 0. The van der Waals surface area contributed by atoms with Gasteiger partial charge in [-0.05, 0) is 38.0 Å². The van der Waals surface area contributed by atoms with Gasteiger partial charge in [-0.25, -0.2) is 4.98 Å². The molecule has 1 atom stereocenters. The van der Waals surface area contributed by atoms with Gasteiger partial charge in [0, 0.05) is 18.5 Å². The number of hydrogen-bond donors (Lipinski definition) is 1. The standard InChI is InChI=1S/C16H18N2O2/c1-16(15(19)20)9-4-10-18(11-16)14-8-7-12-5-2-3-6-13(12)17-14/h2-3,5-8H,4,9-11H2,1H3,(H,19,20). The topological polar surface area (TPSA) is 53.4 Å². The van der Waals surface area contributed by atoms with Crippen molar-refractivity contribution in [1.29, 1.82) is 0 Å². The summed E-state index contributed by atoms with van der Waals surface area (Å²) in [4.78, 5) is 18.2. The minimum Gasteiger partial charge on any atom is -0.481 e. The average molecular weight is 270 g/mol. The molecule has 4 heteroatoms. The summed E-state index contributed by atoms with van der Waals surface area (Å²) in [5, 5.41) is 10.5. The van der Waals surface area contributed by atoms with Crippen molar-refractivity contribution >= 4 is 22.7 Å². The fourth-order valence-electron chi connectivity index (χ4n) is 2.84. The minimum atomic E-state index is -0.719. The molecule has 1 aliphatic rings. The molecule has 1 N–H and O–H groups in total. The summed E-state index contributed by atoms with van der Waals surface area (Å²) < 4.78 is 0. The number of nitrogens with zero attached hydrogens (tertiary/aromatic N) is 2. The normalized spacial score (nSPS) is 22.9. The number of pyridine rings is 1. The largest absolute Gasteiger partial charge is 0.481 e. The van der Waals surface area contributed by atoms with Crippen LogP contribution in [0.15, 0.2) is 36.4 Å². The third kappa shape index (κ3) is 2.22. The van der Waals surface area contributed by atoms with Crippen LogP contribution >= 0.6 is 0 Å².